The Kier molecular flexibility index (Phi) is 2.06. The van der Waals surface area contributed by atoms with E-state index in [4.69, 9.17) is 5.26 Å². The van der Waals surface area contributed by atoms with Gasteiger partial charge in [0.05, 0.1) is 33.0 Å². The Morgan fingerprint density at radius 3 is 3.00 bits per heavy atom. The summed E-state index contributed by atoms with van der Waals surface area (Å²) < 4.78 is 11.5. The van der Waals surface area contributed by atoms with Gasteiger partial charge in [0.2, 0.25) is 5.91 Å². The van der Waals surface area contributed by atoms with Crippen LogP contribution in [0, 0.1) is 11.3 Å². The lowest BCUT2D eigenvalue weighted by molar-refractivity contribution is -0.113. The van der Waals surface area contributed by atoms with Crippen LogP contribution in [0.15, 0.2) is 23.1 Å². The number of nitrogens with one attached hydrogen (secondary N) is 1. The third-order valence-electron chi connectivity index (χ3n) is 1.89. The van der Waals surface area contributed by atoms with Crippen LogP contribution >= 0.6 is 0 Å². The van der Waals surface area contributed by atoms with Gasteiger partial charge >= 0.3 is 0 Å². The van der Waals surface area contributed by atoms with Crippen molar-refractivity contribution in [3.05, 3.63) is 23.8 Å². The number of hydrogen-bond acceptors (Lipinski definition) is 3. The second kappa shape index (κ2) is 3.24. The standard InChI is InChI=1S/C9H6N2O2S/c10-4-6-1-2-7-8(3-6)14(13)5-9(12)11-7/h1-3H,5H2,(H,11,12). The van der Waals surface area contributed by atoms with Gasteiger partial charge in [-0.25, -0.2) is 0 Å². The van der Waals surface area contributed by atoms with Crippen LogP contribution < -0.4 is 5.32 Å². The largest absolute Gasteiger partial charge is 0.324 e. The summed E-state index contributed by atoms with van der Waals surface area (Å²) >= 11 is 0. The molecule has 0 bridgehead atoms. The summed E-state index contributed by atoms with van der Waals surface area (Å²) in [6, 6.07) is 6.69. The van der Waals surface area contributed by atoms with E-state index in [0.717, 1.165) is 0 Å². The van der Waals surface area contributed by atoms with Crippen LogP contribution in [0.3, 0.4) is 0 Å². The summed E-state index contributed by atoms with van der Waals surface area (Å²) in [5, 5.41) is 11.2. The molecule has 1 atom stereocenters. The fraction of sp³-hybridized carbons (Fsp3) is 0.111. The van der Waals surface area contributed by atoms with Crippen molar-refractivity contribution in [3.63, 3.8) is 0 Å². The lowest BCUT2D eigenvalue weighted by Gasteiger charge is -2.15. The number of benzene rings is 1. The number of rotatable bonds is 0. The Hall–Kier alpha value is -1.67. The average molecular weight is 206 g/mol. The van der Waals surface area contributed by atoms with E-state index in [-0.39, 0.29) is 11.7 Å². The second-order valence-electron chi connectivity index (χ2n) is 2.86. The summed E-state index contributed by atoms with van der Waals surface area (Å²) in [6.07, 6.45) is 0. The predicted molar refractivity (Wildman–Crippen MR) is 51.1 cm³/mol. The topological polar surface area (TPSA) is 70.0 Å². The highest BCUT2D eigenvalue weighted by Crippen LogP contribution is 2.24. The molecule has 2 rings (SSSR count). The fourth-order valence-corrected chi connectivity index (χ4v) is 2.36. The van der Waals surface area contributed by atoms with Crippen LogP contribution in [0.2, 0.25) is 0 Å². The van der Waals surface area contributed by atoms with Gasteiger partial charge in [0.15, 0.2) is 0 Å². The van der Waals surface area contributed by atoms with Gasteiger partial charge in [0, 0.05) is 0 Å². The minimum Gasteiger partial charge on any atom is -0.324 e. The zero-order valence-electron chi connectivity index (χ0n) is 7.11. The summed E-state index contributed by atoms with van der Waals surface area (Å²) in [6.45, 7) is 0. The molecule has 5 heteroatoms. The van der Waals surface area contributed by atoms with Gasteiger partial charge in [-0.3, -0.25) is 9.00 Å². The van der Waals surface area contributed by atoms with Crippen molar-refractivity contribution < 1.29 is 9.00 Å². The van der Waals surface area contributed by atoms with E-state index in [2.05, 4.69) is 5.32 Å². The molecule has 0 saturated carbocycles. The van der Waals surface area contributed by atoms with E-state index in [9.17, 15) is 9.00 Å². The summed E-state index contributed by atoms with van der Waals surface area (Å²) in [5.41, 5.74) is 0.992. The van der Waals surface area contributed by atoms with Crippen molar-refractivity contribution in [2.45, 2.75) is 4.90 Å². The van der Waals surface area contributed by atoms with Gasteiger partial charge in [-0.1, -0.05) is 0 Å². The van der Waals surface area contributed by atoms with Crippen molar-refractivity contribution in [2.24, 2.45) is 0 Å². The first kappa shape index (κ1) is 8.91. The first-order valence-corrected chi connectivity index (χ1v) is 5.25. The molecule has 0 spiro atoms. The maximum Gasteiger partial charge on any atom is 0.237 e. The van der Waals surface area contributed by atoms with Crippen LogP contribution in [0.5, 0.6) is 0 Å². The molecule has 0 aromatic heterocycles. The van der Waals surface area contributed by atoms with Gasteiger partial charge in [-0.05, 0) is 18.2 Å². The highest BCUT2D eigenvalue weighted by Gasteiger charge is 2.21. The lowest BCUT2D eigenvalue weighted by Crippen LogP contribution is -2.25. The van der Waals surface area contributed by atoms with Gasteiger partial charge in [0.25, 0.3) is 0 Å². The number of carbonyl (C=O) groups excluding carboxylic acids is 1. The Morgan fingerprint density at radius 1 is 1.50 bits per heavy atom. The number of carbonyl (C=O) groups is 1. The Balaban J connectivity index is 2.56. The third-order valence-corrected chi connectivity index (χ3v) is 3.24. The second-order valence-corrected chi connectivity index (χ2v) is 4.28. The highest BCUT2D eigenvalue weighted by atomic mass is 32.2. The number of hydrogen-bond donors (Lipinski definition) is 1. The quantitative estimate of drug-likeness (QED) is 0.676. The lowest BCUT2D eigenvalue weighted by atomic mass is 10.2. The summed E-state index contributed by atoms with van der Waals surface area (Å²) in [5.74, 6) is -0.275. The SMILES string of the molecule is N#Cc1ccc2c(c1)S(=O)CC(=O)N2. The van der Waals surface area contributed by atoms with E-state index < -0.39 is 10.8 Å². The molecule has 1 aliphatic rings. The molecule has 1 unspecified atom stereocenters. The monoisotopic (exact) mass is 206 g/mol. The third kappa shape index (κ3) is 1.40. The average Bonchev–Trinajstić information content (AvgIpc) is 2.17. The van der Waals surface area contributed by atoms with E-state index in [1.807, 2.05) is 6.07 Å². The van der Waals surface area contributed by atoms with E-state index in [1.165, 1.54) is 0 Å². The first-order chi connectivity index (χ1) is 6.70. The molecule has 0 saturated heterocycles. The first-order valence-electron chi connectivity index (χ1n) is 3.93. The van der Waals surface area contributed by atoms with Crippen molar-refractivity contribution in [2.75, 3.05) is 11.1 Å². The Bertz CT molecular complexity index is 476. The van der Waals surface area contributed by atoms with E-state index in [0.29, 0.717) is 16.1 Å². The molecule has 0 fully saturated rings. The molecular weight excluding hydrogens is 200 g/mol. The smallest absolute Gasteiger partial charge is 0.237 e. The zero-order chi connectivity index (χ0) is 10.1. The number of fused-ring (bicyclic) bond motifs is 1. The number of anilines is 1. The summed E-state index contributed by atoms with van der Waals surface area (Å²) in [4.78, 5) is 11.6. The number of nitriles is 1. The normalized spacial score (nSPS) is 19.4. The van der Waals surface area contributed by atoms with Gasteiger partial charge in [-0.15, -0.1) is 0 Å². The van der Waals surface area contributed by atoms with Crippen molar-refractivity contribution in [1.82, 2.24) is 0 Å². The summed E-state index contributed by atoms with van der Waals surface area (Å²) in [7, 11) is -1.32. The molecule has 0 aliphatic carbocycles. The van der Waals surface area contributed by atoms with Crippen molar-refractivity contribution in [3.8, 4) is 6.07 Å². The minimum atomic E-state index is -1.32. The molecule has 1 N–H and O–H groups in total. The number of amides is 1. The molecule has 1 amide bonds. The highest BCUT2D eigenvalue weighted by molar-refractivity contribution is 7.86. The van der Waals surface area contributed by atoms with Crippen molar-refractivity contribution >= 4 is 22.4 Å². The van der Waals surface area contributed by atoms with E-state index >= 15 is 0 Å². The van der Waals surface area contributed by atoms with Gasteiger partial charge in [0.1, 0.15) is 5.75 Å². The predicted octanol–water partition coefficient (Wildman–Crippen LogP) is 0.618. The van der Waals surface area contributed by atoms with Crippen LogP contribution in [0.25, 0.3) is 0 Å². The van der Waals surface area contributed by atoms with Crippen LogP contribution in [0.4, 0.5) is 5.69 Å². The van der Waals surface area contributed by atoms with Crippen LogP contribution in [-0.2, 0) is 15.6 Å². The molecule has 4 nitrogen and oxygen atoms in total. The molecule has 0 radical (unpaired) electrons. The molecule has 14 heavy (non-hydrogen) atoms. The zero-order valence-corrected chi connectivity index (χ0v) is 7.93. The van der Waals surface area contributed by atoms with Gasteiger partial charge in [-0.2, -0.15) is 5.26 Å². The molecule has 70 valence electrons. The Morgan fingerprint density at radius 2 is 2.29 bits per heavy atom. The molecule has 1 heterocycles. The Labute approximate surface area is 83.0 Å². The molecule has 1 aromatic carbocycles. The van der Waals surface area contributed by atoms with Crippen LogP contribution in [0.1, 0.15) is 5.56 Å². The van der Waals surface area contributed by atoms with Gasteiger partial charge < -0.3 is 5.32 Å². The molecule has 1 aromatic rings. The van der Waals surface area contributed by atoms with E-state index in [1.54, 1.807) is 18.2 Å². The minimum absolute atomic E-state index is 0.0259. The molecule has 1 aliphatic heterocycles. The van der Waals surface area contributed by atoms with Crippen molar-refractivity contribution in [1.29, 1.82) is 5.26 Å². The fourth-order valence-electron chi connectivity index (χ4n) is 1.27. The maximum absolute atomic E-state index is 11.5. The molecular formula is C9H6N2O2S. The maximum atomic E-state index is 11.5. The van der Waals surface area contributed by atoms with Crippen LogP contribution in [-0.4, -0.2) is 15.9 Å². The number of nitrogens with zero attached hydrogens (tertiary/aromatic N) is 1.